The van der Waals surface area contributed by atoms with Gasteiger partial charge in [-0.05, 0) is 57.7 Å². The molecule has 0 radical (unpaired) electrons. The number of carbonyl (C=O) groups excluding carboxylic acids is 1. The number of hydrogen-bond donors (Lipinski definition) is 2. The third kappa shape index (κ3) is 4.72. The molecule has 116 valence electrons. The van der Waals surface area contributed by atoms with Crippen molar-refractivity contribution in [2.75, 3.05) is 46.4 Å². The van der Waals surface area contributed by atoms with Crippen molar-refractivity contribution in [2.24, 2.45) is 5.92 Å². The molecule has 2 aliphatic rings. The van der Waals surface area contributed by atoms with Crippen LogP contribution in [0.1, 0.15) is 32.1 Å². The Bertz CT molecular complexity index is 291. The molecule has 20 heavy (non-hydrogen) atoms. The van der Waals surface area contributed by atoms with Crippen molar-refractivity contribution in [1.29, 1.82) is 0 Å². The Morgan fingerprint density at radius 3 is 2.85 bits per heavy atom. The van der Waals surface area contributed by atoms with Crippen LogP contribution in [0.25, 0.3) is 0 Å². The molecule has 5 nitrogen and oxygen atoms in total. The highest BCUT2D eigenvalue weighted by atomic mass is 16.5. The van der Waals surface area contributed by atoms with Crippen molar-refractivity contribution in [3.63, 3.8) is 0 Å². The van der Waals surface area contributed by atoms with E-state index in [1.54, 1.807) is 7.11 Å². The van der Waals surface area contributed by atoms with Crippen LogP contribution in [0.2, 0.25) is 0 Å². The lowest BCUT2D eigenvalue weighted by Crippen LogP contribution is -2.49. The third-order valence-corrected chi connectivity index (χ3v) is 4.51. The Morgan fingerprint density at radius 1 is 1.30 bits per heavy atom. The zero-order chi connectivity index (χ0) is 14.2. The summed E-state index contributed by atoms with van der Waals surface area (Å²) in [6, 6.07) is 0.125. The fraction of sp³-hybridized carbons (Fsp3) is 0.933. The molecule has 1 unspecified atom stereocenters. The molecule has 0 aromatic carbocycles. The van der Waals surface area contributed by atoms with Gasteiger partial charge < -0.3 is 15.4 Å². The summed E-state index contributed by atoms with van der Waals surface area (Å²) in [4.78, 5) is 14.5. The Morgan fingerprint density at radius 2 is 2.10 bits per heavy atom. The number of carbonyl (C=O) groups is 1. The molecule has 0 saturated carbocycles. The number of hydrogen-bond acceptors (Lipinski definition) is 4. The van der Waals surface area contributed by atoms with Crippen molar-refractivity contribution in [1.82, 2.24) is 15.5 Å². The molecule has 0 aromatic rings. The predicted molar refractivity (Wildman–Crippen MR) is 79.7 cm³/mol. The second-order valence-electron chi connectivity index (χ2n) is 5.98. The minimum absolute atomic E-state index is 0.125. The zero-order valence-corrected chi connectivity index (χ0v) is 12.7. The lowest BCUT2D eigenvalue weighted by Gasteiger charge is -2.36. The molecule has 2 saturated heterocycles. The number of amides is 1. The molecule has 0 aromatic heterocycles. The maximum atomic E-state index is 12.1. The van der Waals surface area contributed by atoms with Gasteiger partial charge in [-0.3, -0.25) is 9.69 Å². The number of likely N-dealkylation sites (tertiary alicyclic amines) is 1. The SMILES string of the molecule is COCCNCC1CCN(C2CCCCNC2=O)CC1. The van der Waals surface area contributed by atoms with E-state index in [9.17, 15) is 4.79 Å². The summed E-state index contributed by atoms with van der Waals surface area (Å²) in [6.07, 6.45) is 5.72. The summed E-state index contributed by atoms with van der Waals surface area (Å²) in [5.74, 6) is 0.996. The highest BCUT2D eigenvalue weighted by Gasteiger charge is 2.30. The summed E-state index contributed by atoms with van der Waals surface area (Å²) < 4.78 is 5.04. The van der Waals surface area contributed by atoms with Gasteiger partial charge >= 0.3 is 0 Å². The van der Waals surface area contributed by atoms with Gasteiger partial charge in [-0.2, -0.15) is 0 Å². The lowest BCUT2D eigenvalue weighted by atomic mass is 9.94. The Labute approximate surface area is 122 Å². The van der Waals surface area contributed by atoms with E-state index in [4.69, 9.17) is 4.74 Å². The van der Waals surface area contributed by atoms with Crippen LogP contribution < -0.4 is 10.6 Å². The molecule has 2 rings (SSSR count). The topological polar surface area (TPSA) is 53.6 Å². The van der Waals surface area contributed by atoms with E-state index in [-0.39, 0.29) is 11.9 Å². The van der Waals surface area contributed by atoms with Crippen LogP contribution >= 0.6 is 0 Å². The quantitative estimate of drug-likeness (QED) is 0.701. The van der Waals surface area contributed by atoms with E-state index >= 15 is 0 Å². The second kappa shape index (κ2) is 8.60. The van der Waals surface area contributed by atoms with Crippen molar-refractivity contribution in [3.05, 3.63) is 0 Å². The van der Waals surface area contributed by atoms with E-state index in [0.29, 0.717) is 0 Å². The summed E-state index contributed by atoms with van der Waals surface area (Å²) >= 11 is 0. The van der Waals surface area contributed by atoms with Crippen LogP contribution in [0.4, 0.5) is 0 Å². The fourth-order valence-corrected chi connectivity index (χ4v) is 3.22. The fourth-order valence-electron chi connectivity index (χ4n) is 3.22. The molecule has 2 heterocycles. The first-order chi connectivity index (χ1) is 9.81. The van der Waals surface area contributed by atoms with Gasteiger partial charge in [0, 0.05) is 20.2 Å². The van der Waals surface area contributed by atoms with Crippen molar-refractivity contribution in [3.8, 4) is 0 Å². The minimum atomic E-state index is 0.125. The van der Waals surface area contributed by atoms with Gasteiger partial charge in [-0.1, -0.05) is 0 Å². The van der Waals surface area contributed by atoms with Gasteiger partial charge in [0.2, 0.25) is 5.91 Å². The molecule has 5 heteroatoms. The van der Waals surface area contributed by atoms with Crippen molar-refractivity contribution >= 4 is 5.91 Å². The predicted octanol–water partition coefficient (Wildman–Crippen LogP) is 0.603. The second-order valence-corrected chi connectivity index (χ2v) is 5.98. The van der Waals surface area contributed by atoms with Crippen LogP contribution in [0.5, 0.6) is 0 Å². The molecule has 1 atom stereocenters. The third-order valence-electron chi connectivity index (χ3n) is 4.51. The molecule has 2 fully saturated rings. The normalized spacial score (nSPS) is 26.2. The van der Waals surface area contributed by atoms with Crippen LogP contribution in [-0.2, 0) is 9.53 Å². The largest absolute Gasteiger partial charge is 0.383 e. The highest BCUT2D eigenvalue weighted by Crippen LogP contribution is 2.21. The van der Waals surface area contributed by atoms with Gasteiger partial charge in [0.15, 0.2) is 0 Å². The van der Waals surface area contributed by atoms with E-state index in [0.717, 1.165) is 58.1 Å². The molecule has 0 bridgehead atoms. The van der Waals surface area contributed by atoms with Gasteiger partial charge in [-0.25, -0.2) is 0 Å². The number of rotatable bonds is 6. The first kappa shape index (κ1) is 15.7. The Balaban J connectivity index is 1.69. The summed E-state index contributed by atoms with van der Waals surface area (Å²) in [6.45, 7) is 5.77. The van der Waals surface area contributed by atoms with Gasteiger partial charge in [0.05, 0.1) is 12.6 Å². The van der Waals surface area contributed by atoms with Gasteiger partial charge in [-0.15, -0.1) is 0 Å². The van der Waals surface area contributed by atoms with E-state index < -0.39 is 0 Å². The Hall–Kier alpha value is -0.650. The van der Waals surface area contributed by atoms with Crippen molar-refractivity contribution in [2.45, 2.75) is 38.1 Å². The summed E-state index contributed by atoms with van der Waals surface area (Å²) in [5, 5.41) is 6.49. The monoisotopic (exact) mass is 283 g/mol. The molecule has 2 N–H and O–H groups in total. The van der Waals surface area contributed by atoms with Gasteiger partial charge in [0.1, 0.15) is 0 Å². The zero-order valence-electron chi connectivity index (χ0n) is 12.7. The molecule has 2 aliphatic heterocycles. The van der Waals surface area contributed by atoms with E-state index in [1.165, 1.54) is 19.3 Å². The first-order valence-corrected chi connectivity index (χ1v) is 8.02. The van der Waals surface area contributed by atoms with E-state index in [1.807, 2.05) is 0 Å². The maximum Gasteiger partial charge on any atom is 0.237 e. The summed E-state index contributed by atoms with van der Waals surface area (Å²) in [7, 11) is 1.73. The number of ether oxygens (including phenoxy) is 1. The van der Waals surface area contributed by atoms with Crippen LogP contribution in [-0.4, -0.2) is 63.3 Å². The van der Waals surface area contributed by atoms with Crippen LogP contribution in [0.3, 0.4) is 0 Å². The minimum Gasteiger partial charge on any atom is -0.383 e. The Kier molecular flexibility index (Phi) is 6.76. The smallest absolute Gasteiger partial charge is 0.237 e. The maximum absolute atomic E-state index is 12.1. The number of piperidine rings is 1. The lowest BCUT2D eigenvalue weighted by molar-refractivity contribution is -0.126. The average molecular weight is 283 g/mol. The molecule has 0 aliphatic carbocycles. The number of methoxy groups -OCH3 is 1. The molecule has 1 amide bonds. The average Bonchev–Trinajstić information content (AvgIpc) is 2.69. The molecule has 0 spiro atoms. The molecular weight excluding hydrogens is 254 g/mol. The van der Waals surface area contributed by atoms with E-state index in [2.05, 4.69) is 15.5 Å². The number of nitrogens with zero attached hydrogens (tertiary/aromatic N) is 1. The summed E-state index contributed by atoms with van der Waals surface area (Å²) in [5.41, 5.74) is 0. The highest BCUT2D eigenvalue weighted by molar-refractivity contribution is 5.81. The standard InChI is InChI=1S/C15H29N3O2/c1-20-11-8-16-12-13-5-9-18(10-6-13)14-4-2-3-7-17-15(14)19/h13-14,16H,2-12H2,1H3,(H,17,19). The van der Waals surface area contributed by atoms with Crippen molar-refractivity contribution < 1.29 is 9.53 Å². The van der Waals surface area contributed by atoms with Crippen LogP contribution in [0, 0.1) is 5.92 Å². The first-order valence-electron chi connectivity index (χ1n) is 8.02. The number of nitrogens with one attached hydrogen (secondary N) is 2. The van der Waals surface area contributed by atoms with Crippen LogP contribution in [0.15, 0.2) is 0 Å². The van der Waals surface area contributed by atoms with Gasteiger partial charge in [0.25, 0.3) is 0 Å². The molecular formula is C15H29N3O2.